The van der Waals surface area contributed by atoms with Gasteiger partial charge >= 0.3 is 0 Å². The van der Waals surface area contributed by atoms with Crippen LogP contribution in [0.5, 0.6) is 23.0 Å². The Hall–Kier alpha value is -3.92. The van der Waals surface area contributed by atoms with Crippen LogP contribution in [-0.2, 0) is 5.41 Å². The van der Waals surface area contributed by atoms with Crippen molar-refractivity contribution in [3.63, 3.8) is 0 Å². The van der Waals surface area contributed by atoms with Crippen LogP contribution in [0.1, 0.15) is 33.4 Å². The second-order valence-electron chi connectivity index (χ2n) is 8.15. The first-order valence-corrected chi connectivity index (χ1v) is 10.1. The van der Waals surface area contributed by atoms with Crippen LogP contribution in [0.3, 0.4) is 0 Å². The highest BCUT2D eigenvalue weighted by Gasteiger charge is 2.48. The Morgan fingerprint density at radius 3 is 1.26 bits per heavy atom. The largest absolute Gasteiger partial charge is 0.504 e. The first-order valence-electron chi connectivity index (χ1n) is 10.1. The van der Waals surface area contributed by atoms with Crippen LogP contribution in [0, 0.1) is 13.8 Å². The van der Waals surface area contributed by atoms with E-state index in [-0.39, 0.29) is 23.0 Å². The molecule has 0 aliphatic heterocycles. The predicted octanol–water partition coefficient (Wildman–Crippen LogP) is 5.49. The maximum absolute atomic E-state index is 10.5. The molecule has 154 valence electrons. The number of hydrogen-bond donors (Lipinski definition) is 4. The summed E-state index contributed by atoms with van der Waals surface area (Å²) in [5.74, 6) is -0.771. The number of phenols is 4. The van der Waals surface area contributed by atoms with Crippen LogP contribution < -0.4 is 0 Å². The molecule has 0 heterocycles. The van der Waals surface area contributed by atoms with Gasteiger partial charge in [-0.05, 0) is 82.6 Å². The minimum atomic E-state index is -0.849. The molecule has 4 heteroatoms. The zero-order valence-corrected chi connectivity index (χ0v) is 17.2. The number of benzene rings is 4. The number of hydrogen-bond acceptors (Lipinski definition) is 4. The van der Waals surface area contributed by atoms with Gasteiger partial charge in [-0.15, -0.1) is 0 Å². The third-order valence-electron chi connectivity index (χ3n) is 6.40. The molecular formula is C27H22O4. The zero-order valence-electron chi connectivity index (χ0n) is 17.2. The molecule has 4 aromatic carbocycles. The van der Waals surface area contributed by atoms with Crippen molar-refractivity contribution < 1.29 is 20.4 Å². The van der Waals surface area contributed by atoms with E-state index in [1.165, 1.54) is 0 Å². The van der Waals surface area contributed by atoms with Crippen molar-refractivity contribution >= 4 is 0 Å². The van der Waals surface area contributed by atoms with E-state index in [0.717, 1.165) is 44.5 Å². The Labute approximate surface area is 180 Å². The Morgan fingerprint density at radius 2 is 0.839 bits per heavy atom. The first-order chi connectivity index (χ1) is 14.9. The first kappa shape index (κ1) is 19.1. The molecule has 4 nitrogen and oxygen atoms in total. The second-order valence-corrected chi connectivity index (χ2v) is 8.15. The fourth-order valence-electron chi connectivity index (χ4n) is 5.13. The molecule has 0 aromatic heterocycles. The van der Waals surface area contributed by atoms with E-state index in [1.54, 1.807) is 24.3 Å². The third-order valence-corrected chi connectivity index (χ3v) is 6.40. The molecule has 1 aliphatic rings. The van der Waals surface area contributed by atoms with E-state index in [4.69, 9.17) is 0 Å². The van der Waals surface area contributed by atoms with Crippen LogP contribution in [0.4, 0.5) is 0 Å². The molecule has 0 bridgehead atoms. The number of fused-ring (bicyclic) bond motifs is 3. The monoisotopic (exact) mass is 410 g/mol. The van der Waals surface area contributed by atoms with Crippen LogP contribution in [-0.4, -0.2) is 20.4 Å². The van der Waals surface area contributed by atoms with Gasteiger partial charge < -0.3 is 20.4 Å². The Bertz CT molecular complexity index is 1250. The van der Waals surface area contributed by atoms with Crippen LogP contribution in [0.25, 0.3) is 11.1 Å². The van der Waals surface area contributed by atoms with Gasteiger partial charge in [-0.3, -0.25) is 0 Å². The topological polar surface area (TPSA) is 80.9 Å². The molecule has 0 radical (unpaired) electrons. The Morgan fingerprint density at radius 1 is 0.484 bits per heavy atom. The SMILES string of the molecule is Cc1cc(O)c(O)cc1C1(c2cc(O)c(O)cc2C)c2ccccc2-c2ccccc21. The number of aryl methyl sites for hydroxylation is 2. The van der Waals surface area contributed by atoms with E-state index in [9.17, 15) is 20.4 Å². The second kappa shape index (κ2) is 6.54. The van der Waals surface area contributed by atoms with Crippen molar-refractivity contribution in [2.24, 2.45) is 0 Å². The lowest BCUT2D eigenvalue weighted by atomic mass is 9.65. The van der Waals surface area contributed by atoms with Crippen molar-refractivity contribution in [1.82, 2.24) is 0 Å². The summed E-state index contributed by atoms with van der Waals surface area (Å²) in [5, 5.41) is 41.2. The van der Waals surface area contributed by atoms with Gasteiger partial charge in [-0.2, -0.15) is 0 Å². The predicted molar refractivity (Wildman–Crippen MR) is 120 cm³/mol. The van der Waals surface area contributed by atoms with Gasteiger partial charge in [0.05, 0.1) is 5.41 Å². The molecule has 0 spiro atoms. The van der Waals surface area contributed by atoms with Gasteiger partial charge in [0.25, 0.3) is 0 Å². The van der Waals surface area contributed by atoms with Gasteiger partial charge in [0.1, 0.15) is 0 Å². The minimum Gasteiger partial charge on any atom is -0.504 e. The number of rotatable bonds is 2. The summed E-state index contributed by atoms with van der Waals surface area (Å²) in [7, 11) is 0. The van der Waals surface area contributed by atoms with E-state index >= 15 is 0 Å². The molecule has 1 aliphatic carbocycles. The average molecular weight is 410 g/mol. The lowest BCUT2D eigenvalue weighted by molar-refractivity contribution is 0.400. The van der Waals surface area contributed by atoms with Gasteiger partial charge in [0.15, 0.2) is 23.0 Å². The van der Waals surface area contributed by atoms with Gasteiger partial charge in [-0.25, -0.2) is 0 Å². The standard InChI is InChI=1S/C27H22O4/c1-15-11-23(28)25(30)13-21(15)27(22-14-26(31)24(29)12-16(22)2)19-9-5-3-7-17(19)18-8-4-6-10-20(18)27/h3-14,28-31H,1-2H3. The molecule has 0 saturated heterocycles. The summed E-state index contributed by atoms with van der Waals surface area (Å²) in [4.78, 5) is 0. The Kier molecular flexibility index (Phi) is 4.02. The van der Waals surface area contributed by atoms with Gasteiger partial charge in [0, 0.05) is 0 Å². The lowest BCUT2D eigenvalue weighted by Crippen LogP contribution is -2.30. The number of aromatic hydroxyl groups is 4. The third kappa shape index (κ3) is 2.48. The van der Waals surface area contributed by atoms with Crippen LogP contribution >= 0.6 is 0 Å². The van der Waals surface area contributed by atoms with Crippen molar-refractivity contribution in [2.45, 2.75) is 19.3 Å². The van der Waals surface area contributed by atoms with Crippen molar-refractivity contribution in [2.75, 3.05) is 0 Å². The van der Waals surface area contributed by atoms with Crippen LogP contribution in [0.2, 0.25) is 0 Å². The minimum absolute atomic E-state index is 0.179. The summed E-state index contributed by atoms with van der Waals surface area (Å²) in [5.41, 5.74) is 6.51. The molecule has 0 fully saturated rings. The van der Waals surface area contributed by atoms with Crippen LogP contribution in [0.15, 0.2) is 72.8 Å². The maximum atomic E-state index is 10.5. The van der Waals surface area contributed by atoms with E-state index in [1.807, 2.05) is 38.1 Å². The smallest absolute Gasteiger partial charge is 0.157 e. The Balaban J connectivity index is 2.03. The molecule has 0 unspecified atom stereocenters. The normalized spacial score (nSPS) is 13.6. The maximum Gasteiger partial charge on any atom is 0.157 e. The van der Waals surface area contributed by atoms with Crippen molar-refractivity contribution in [3.05, 3.63) is 106 Å². The van der Waals surface area contributed by atoms with E-state index < -0.39 is 5.41 Å². The molecule has 0 saturated carbocycles. The molecule has 0 amide bonds. The summed E-state index contributed by atoms with van der Waals surface area (Å²) in [6, 6.07) is 22.5. The average Bonchev–Trinajstić information content (AvgIpc) is 3.05. The summed E-state index contributed by atoms with van der Waals surface area (Å²) < 4.78 is 0. The van der Waals surface area contributed by atoms with Gasteiger partial charge in [-0.1, -0.05) is 48.5 Å². The summed E-state index contributed by atoms with van der Waals surface area (Å²) >= 11 is 0. The molecule has 0 atom stereocenters. The van der Waals surface area contributed by atoms with E-state index in [0.29, 0.717) is 0 Å². The fourth-order valence-corrected chi connectivity index (χ4v) is 5.13. The molecular weight excluding hydrogens is 388 g/mol. The quantitative estimate of drug-likeness (QED) is 0.290. The lowest BCUT2D eigenvalue weighted by Gasteiger charge is -2.36. The number of phenolic OH excluding ortho intramolecular Hbond substituents is 4. The van der Waals surface area contributed by atoms with Gasteiger partial charge in [0.2, 0.25) is 0 Å². The zero-order chi connectivity index (χ0) is 21.9. The molecule has 4 N–H and O–H groups in total. The van der Waals surface area contributed by atoms with Crippen molar-refractivity contribution in [3.8, 4) is 34.1 Å². The van der Waals surface area contributed by atoms with E-state index in [2.05, 4.69) is 24.3 Å². The van der Waals surface area contributed by atoms with Crippen molar-refractivity contribution in [1.29, 1.82) is 0 Å². The fraction of sp³-hybridized carbons (Fsp3) is 0.111. The summed E-state index contributed by atoms with van der Waals surface area (Å²) in [6.07, 6.45) is 0. The molecule has 31 heavy (non-hydrogen) atoms. The molecule has 4 aromatic rings. The highest BCUT2D eigenvalue weighted by atomic mass is 16.3. The summed E-state index contributed by atoms with van der Waals surface area (Å²) in [6.45, 7) is 3.80. The highest BCUT2D eigenvalue weighted by Crippen LogP contribution is 2.58. The highest BCUT2D eigenvalue weighted by molar-refractivity contribution is 5.87. The molecule has 5 rings (SSSR count).